The van der Waals surface area contributed by atoms with Crippen LogP contribution in [-0.4, -0.2) is 33.4 Å². The number of nitrogens with zero attached hydrogens (tertiary/aromatic N) is 1. The van der Waals surface area contributed by atoms with Gasteiger partial charge in [0, 0.05) is 23.6 Å². The quantitative estimate of drug-likeness (QED) is 0.363. The number of benzene rings is 3. The fourth-order valence-electron chi connectivity index (χ4n) is 4.10. The second kappa shape index (κ2) is 10.8. The monoisotopic (exact) mass is 492 g/mol. The zero-order valence-corrected chi connectivity index (χ0v) is 20.1. The number of pyridine rings is 1. The molecule has 4 rings (SSSR count). The maximum atomic E-state index is 12.9. The minimum atomic E-state index is -1.35. The van der Waals surface area contributed by atoms with Gasteiger partial charge in [0.15, 0.2) is 5.78 Å². The summed E-state index contributed by atoms with van der Waals surface area (Å²) < 4.78 is 1.51. The van der Waals surface area contributed by atoms with Gasteiger partial charge in [-0.1, -0.05) is 54.5 Å². The van der Waals surface area contributed by atoms with Crippen molar-refractivity contribution in [2.45, 2.75) is 25.9 Å². The molecule has 7 nitrogen and oxygen atoms in total. The van der Waals surface area contributed by atoms with E-state index in [0.29, 0.717) is 16.6 Å². The number of carbonyl (C=O) groups is 3. The molecule has 0 fully saturated rings. The predicted molar refractivity (Wildman–Crippen MR) is 142 cm³/mol. The van der Waals surface area contributed by atoms with Gasteiger partial charge in [-0.3, -0.25) is 14.4 Å². The number of hydrogen-bond acceptors (Lipinski definition) is 4. The van der Waals surface area contributed by atoms with Crippen molar-refractivity contribution in [2.24, 2.45) is 0 Å². The third-order valence-corrected chi connectivity index (χ3v) is 6.10. The van der Waals surface area contributed by atoms with E-state index < -0.39 is 23.0 Å². The first kappa shape index (κ1) is 25.1. The van der Waals surface area contributed by atoms with Crippen molar-refractivity contribution in [1.29, 1.82) is 0 Å². The first-order valence-corrected chi connectivity index (χ1v) is 11.6. The van der Waals surface area contributed by atoms with Crippen molar-refractivity contribution in [3.05, 3.63) is 106 Å². The van der Waals surface area contributed by atoms with Crippen LogP contribution in [0.5, 0.6) is 0 Å². The summed E-state index contributed by atoms with van der Waals surface area (Å²) in [6.45, 7) is 1.69. The lowest BCUT2D eigenvalue weighted by Gasteiger charge is -2.14. The van der Waals surface area contributed by atoms with Gasteiger partial charge in [-0.2, -0.15) is 0 Å². The molecule has 0 unspecified atom stereocenters. The molecule has 7 heteroatoms. The average molecular weight is 493 g/mol. The molecule has 0 spiro atoms. The molecule has 1 atom stereocenters. The average Bonchev–Trinajstić information content (AvgIpc) is 2.90. The molecule has 2 N–H and O–H groups in total. The van der Waals surface area contributed by atoms with Crippen LogP contribution in [0.3, 0.4) is 0 Å². The molecule has 37 heavy (non-hydrogen) atoms. The molecule has 1 amide bonds. The second-order valence-electron chi connectivity index (χ2n) is 8.64. The number of aromatic carboxylic acids is 1. The number of ketones is 1. The molecular weight excluding hydrogens is 468 g/mol. The van der Waals surface area contributed by atoms with E-state index >= 15 is 0 Å². The standard InChI is InChI=1S/C30H24N2O5/c1-3-15-32-18-25(30(36)37)28(34)24-16-20(9-14-26(24)32)17-27(33)19(2)31-29(35)23-12-10-22(11-13-23)21-7-5-4-6-8-21/h1,4-14,16,18-19H,15,17H2,2H3,(H,31,35)(H,36,37)/t19-/m0/s1. The van der Waals surface area contributed by atoms with Crippen LogP contribution in [0.4, 0.5) is 0 Å². The third kappa shape index (κ3) is 5.49. The van der Waals surface area contributed by atoms with Crippen LogP contribution in [0.1, 0.15) is 33.2 Å². The van der Waals surface area contributed by atoms with Crippen molar-refractivity contribution in [2.75, 3.05) is 0 Å². The van der Waals surface area contributed by atoms with Crippen LogP contribution >= 0.6 is 0 Å². The Hall–Kier alpha value is -4.96. The lowest BCUT2D eigenvalue weighted by Crippen LogP contribution is -2.39. The molecule has 1 aromatic heterocycles. The summed E-state index contributed by atoms with van der Waals surface area (Å²) in [7, 11) is 0. The van der Waals surface area contributed by atoms with Crippen molar-refractivity contribution >= 4 is 28.6 Å². The second-order valence-corrected chi connectivity index (χ2v) is 8.64. The number of rotatable bonds is 8. The number of carboxylic acids is 1. The smallest absolute Gasteiger partial charge is 0.341 e. The highest BCUT2D eigenvalue weighted by molar-refractivity contribution is 5.99. The molecule has 0 aliphatic heterocycles. The van der Waals surface area contributed by atoms with Crippen LogP contribution in [0, 0.1) is 12.3 Å². The zero-order chi connectivity index (χ0) is 26.5. The fraction of sp³-hybridized carbons (Fsp3) is 0.133. The maximum Gasteiger partial charge on any atom is 0.341 e. The number of nitrogens with one attached hydrogen (secondary N) is 1. The van der Waals surface area contributed by atoms with Gasteiger partial charge in [0.1, 0.15) is 5.56 Å². The van der Waals surface area contributed by atoms with E-state index in [1.807, 2.05) is 42.5 Å². The van der Waals surface area contributed by atoms with E-state index in [9.17, 15) is 24.3 Å². The first-order chi connectivity index (χ1) is 17.8. The Bertz CT molecular complexity index is 1600. The molecule has 3 aromatic carbocycles. The fourth-order valence-corrected chi connectivity index (χ4v) is 4.10. The summed E-state index contributed by atoms with van der Waals surface area (Å²) in [5, 5.41) is 12.3. The highest BCUT2D eigenvalue weighted by Crippen LogP contribution is 2.19. The van der Waals surface area contributed by atoms with E-state index in [1.165, 1.54) is 16.8 Å². The highest BCUT2D eigenvalue weighted by atomic mass is 16.4. The summed E-state index contributed by atoms with van der Waals surface area (Å²) >= 11 is 0. The van der Waals surface area contributed by atoms with E-state index in [-0.39, 0.29) is 30.0 Å². The minimum absolute atomic E-state index is 0.0454. The van der Waals surface area contributed by atoms with Gasteiger partial charge in [-0.05, 0) is 47.9 Å². The van der Waals surface area contributed by atoms with E-state index in [1.54, 1.807) is 31.2 Å². The van der Waals surface area contributed by atoms with E-state index in [0.717, 1.165) is 11.1 Å². The maximum absolute atomic E-state index is 12.9. The van der Waals surface area contributed by atoms with Gasteiger partial charge in [0.2, 0.25) is 5.43 Å². The number of terminal acetylenes is 1. The zero-order valence-electron chi connectivity index (χ0n) is 20.1. The predicted octanol–water partition coefficient (Wildman–Crippen LogP) is 3.93. The molecule has 1 heterocycles. The van der Waals surface area contributed by atoms with Crippen molar-refractivity contribution < 1.29 is 19.5 Å². The van der Waals surface area contributed by atoms with Crippen molar-refractivity contribution in [3.8, 4) is 23.5 Å². The minimum Gasteiger partial charge on any atom is -0.477 e. The molecule has 4 aromatic rings. The Labute approximate surface area is 213 Å². The normalized spacial score (nSPS) is 11.5. The molecule has 0 radical (unpaired) electrons. The molecule has 0 aliphatic carbocycles. The van der Waals surface area contributed by atoms with Crippen LogP contribution in [0.25, 0.3) is 22.0 Å². The molecule has 184 valence electrons. The number of carboxylic acid groups (broad SMARTS) is 1. The van der Waals surface area contributed by atoms with Gasteiger partial charge < -0.3 is 15.0 Å². The Morgan fingerprint density at radius 3 is 2.32 bits per heavy atom. The Morgan fingerprint density at radius 2 is 1.68 bits per heavy atom. The number of fused-ring (bicyclic) bond motifs is 1. The lowest BCUT2D eigenvalue weighted by atomic mass is 10.0. The Morgan fingerprint density at radius 1 is 1.00 bits per heavy atom. The summed E-state index contributed by atoms with van der Waals surface area (Å²) in [5.74, 6) is 0.455. The highest BCUT2D eigenvalue weighted by Gasteiger charge is 2.19. The SMILES string of the molecule is C#CCn1cc(C(=O)O)c(=O)c2cc(CC(=O)[C@H](C)NC(=O)c3ccc(-c4ccccc4)cc3)ccc21. The van der Waals surface area contributed by atoms with Crippen LogP contribution in [0.15, 0.2) is 83.8 Å². The lowest BCUT2D eigenvalue weighted by molar-refractivity contribution is -0.119. The Balaban J connectivity index is 1.49. The van der Waals surface area contributed by atoms with E-state index in [2.05, 4.69) is 11.2 Å². The molecule has 0 saturated carbocycles. The van der Waals surface area contributed by atoms with E-state index in [4.69, 9.17) is 6.42 Å². The van der Waals surface area contributed by atoms with Gasteiger partial charge in [0.25, 0.3) is 5.91 Å². The molecule has 0 bridgehead atoms. The van der Waals surface area contributed by atoms with Crippen molar-refractivity contribution in [3.63, 3.8) is 0 Å². The van der Waals surface area contributed by atoms with Gasteiger partial charge in [-0.25, -0.2) is 4.79 Å². The van der Waals surface area contributed by atoms with Gasteiger partial charge in [-0.15, -0.1) is 6.42 Å². The van der Waals surface area contributed by atoms with Crippen molar-refractivity contribution in [1.82, 2.24) is 9.88 Å². The Kier molecular flexibility index (Phi) is 7.31. The summed E-state index contributed by atoms with van der Waals surface area (Å²) in [6.07, 6.45) is 6.56. The van der Waals surface area contributed by atoms with Gasteiger partial charge in [0.05, 0.1) is 18.1 Å². The van der Waals surface area contributed by atoms with Crippen LogP contribution in [-0.2, 0) is 17.8 Å². The number of amides is 1. The van der Waals surface area contributed by atoms with Crippen LogP contribution < -0.4 is 10.7 Å². The summed E-state index contributed by atoms with van der Waals surface area (Å²) in [5.41, 5.74) is 2.40. The topological polar surface area (TPSA) is 105 Å². The largest absolute Gasteiger partial charge is 0.477 e. The summed E-state index contributed by atoms with van der Waals surface area (Å²) in [6, 6.07) is 21.0. The van der Waals surface area contributed by atoms with Gasteiger partial charge >= 0.3 is 5.97 Å². The first-order valence-electron chi connectivity index (χ1n) is 11.6. The van der Waals surface area contributed by atoms with Crippen LogP contribution in [0.2, 0.25) is 0 Å². The number of carbonyl (C=O) groups excluding carboxylic acids is 2. The number of aromatic nitrogens is 1. The number of Topliss-reactive ketones (excluding diaryl/α,β-unsaturated/α-hetero) is 1. The third-order valence-electron chi connectivity index (χ3n) is 6.10. The molecule has 0 saturated heterocycles. The number of hydrogen-bond donors (Lipinski definition) is 2. The molecule has 0 aliphatic rings. The summed E-state index contributed by atoms with van der Waals surface area (Å²) in [4.78, 5) is 49.8. The molecular formula is C30H24N2O5.